The summed E-state index contributed by atoms with van der Waals surface area (Å²) in [5.41, 5.74) is 1.53. The van der Waals surface area contributed by atoms with Crippen LogP contribution in [0, 0.1) is 0 Å². The first-order valence-corrected chi connectivity index (χ1v) is 7.61. The lowest BCUT2D eigenvalue weighted by Gasteiger charge is -2.32. The Kier molecular flexibility index (Phi) is 4.26. The molecule has 0 bridgehead atoms. The Hall–Kier alpha value is -1.01. The van der Waals surface area contributed by atoms with Gasteiger partial charge in [-0.05, 0) is 46.2 Å². The average molecular weight is 293 g/mol. The molecule has 0 radical (unpaired) electrons. The van der Waals surface area contributed by atoms with Crippen LogP contribution in [0.25, 0.3) is 0 Å². The fraction of sp³-hybridized carbons (Fsp3) is 0.688. The van der Waals surface area contributed by atoms with Crippen molar-refractivity contribution in [3.05, 3.63) is 29.6 Å². The van der Waals surface area contributed by atoms with E-state index in [1.165, 1.54) is 0 Å². The Morgan fingerprint density at radius 2 is 1.29 bits per heavy atom. The van der Waals surface area contributed by atoms with Crippen molar-refractivity contribution in [1.82, 2.24) is 4.98 Å². The largest absolute Gasteiger partial charge is 0.344 e. The van der Waals surface area contributed by atoms with Crippen LogP contribution in [0.5, 0.6) is 0 Å². The van der Waals surface area contributed by atoms with Gasteiger partial charge in [0.1, 0.15) is 0 Å². The quantitative estimate of drug-likeness (QED) is 0.838. The zero-order chi connectivity index (χ0) is 15.0. The summed E-state index contributed by atoms with van der Waals surface area (Å²) >= 11 is 0. The lowest BCUT2D eigenvalue weighted by atomic mass is 10.1. The van der Waals surface area contributed by atoms with Crippen molar-refractivity contribution < 1.29 is 18.9 Å². The smallest absolute Gasteiger partial charge is 0.201 e. The molecule has 0 spiro atoms. The molecular weight excluding hydrogens is 270 g/mol. The molecule has 5 heteroatoms. The average Bonchev–Trinajstić information content (AvgIpc) is 2.78. The van der Waals surface area contributed by atoms with Gasteiger partial charge in [0, 0.05) is 0 Å². The molecule has 3 rings (SSSR count). The van der Waals surface area contributed by atoms with Crippen LogP contribution in [0.2, 0.25) is 0 Å². The number of nitrogens with zero attached hydrogens (tertiary/aromatic N) is 1. The summed E-state index contributed by atoms with van der Waals surface area (Å²) in [4.78, 5) is 4.62. The normalized spacial score (nSPS) is 37.8. The van der Waals surface area contributed by atoms with Crippen molar-refractivity contribution in [3.63, 3.8) is 0 Å². The highest BCUT2D eigenvalue weighted by Crippen LogP contribution is 2.32. The van der Waals surface area contributed by atoms with E-state index < -0.39 is 12.6 Å². The van der Waals surface area contributed by atoms with Crippen molar-refractivity contribution in [2.24, 2.45) is 0 Å². The highest BCUT2D eigenvalue weighted by molar-refractivity contribution is 5.14. The first-order valence-electron chi connectivity index (χ1n) is 7.61. The van der Waals surface area contributed by atoms with E-state index >= 15 is 0 Å². The van der Waals surface area contributed by atoms with Crippen LogP contribution in [-0.2, 0) is 18.9 Å². The van der Waals surface area contributed by atoms with Crippen molar-refractivity contribution in [1.29, 1.82) is 0 Å². The number of pyridine rings is 1. The van der Waals surface area contributed by atoms with E-state index in [0.717, 1.165) is 17.8 Å². The summed E-state index contributed by atoms with van der Waals surface area (Å²) in [6.45, 7) is 8.13. The molecule has 0 saturated carbocycles. The molecule has 21 heavy (non-hydrogen) atoms. The van der Waals surface area contributed by atoms with E-state index in [2.05, 4.69) is 18.8 Å². The Morgan fingerprint density at radius 1 is 0.810 bits per heavy atom. The topological polar surface area (TPSA) is 49.8 Å². The van der Waals surface area contributed by atoms with Gasteiger partial charge in [-0.15, -0.1) is 0 Å². The highest BCUT2D eigenvalue weighted by atomic mass is 16.7. The van der Waals surface area contributed by atoms with E-state index in [4.69, 9.17) is 18.9 Å². The molecule has 1 aromatic heterocycles. The van der Waals surface area contributed by atoms with Gasteiger partial charge in [0.05, 0.1) is 35.8 Å². The highest BCUT2D eigenvalue weighted by Gasteiger charge is 2.33. The maximum atomic E-state index is 5.84. The maximum absolute atomic E-state index is 5.84. The zero-order valence-electron chi connectivity index (χ0n) is 13.0. The maximum Gasteiger partial charge on any atom is 0.201 e. The molecule has 0 N–H and O–H groups in total. The molecule has 0 aromatic carbocycles. The number of ether oxygens (including phenoxy) is 4. The molecule has 2 aliphatic heterocycles. The van der Waals surface area contributed by atoms with Gasteiger partial charge in [-0.25, -0.2) is 4.98 Å². The van der Waals surface area contributed by atoms with E-state index in [1.807, 2.05) is 32.0 Å². The van der Waals surface area contributed by atoms with E-state index in [0.29, 0.717) is 0 Å². The Morgan fingerprint density at radius 3 is 1.81 bits per heavy atom. The van der Waals surface area contributed by atoms with Crippen LogP contribution < -0.4 is 0 Å². The SMILES string of the molecule is C[C@@H]1C[C@@H](C)OC(c2cccc(C3O[C@H](C)[C@@H](C)O3)n2)O1. The lowest BCUT2D eigenvalue weighted by Crippen LogP contribution is -2.30. The fourth-order valence-electron chi connectivity index (χ4n) is 2.69. The van der Waals surface area contributed by atoms with Crippen molar-refractivity contribution in [2.45, 2.75) is 71.1 Å². The first-order chi connectivity index (χ1) is 10.0. The van der Waals surface area contributed by atoms with Crippen LogP contribution in [0.3, 0.4) is 0 Å². The van der Waals surface area contributed by atoms with E-state index in [1.54, 1.807) is 0 Å². The summed E-state index contributed by atoms with van der Waals surface area (Å²) in [5, 5.41) is 0. The first kappa shape index (κ1) is 14.9. The Labute approximate surface area is 125 Å². The van der Waals surface area contributed by atoms with Gasteiger partial charge < -0.3 is 18.9 Å². The van der Waals surface area contributed by atoms with Gasteiger partial charge in [-0.3, -0.25) is 0 Å². The molecule has 4 atom stereocenters. The summed E-state index contributed by atoms with van der Waals surface area (Å²) in [5.74, 6) is 0. The number of rotatable bonds is 2. The van der Waals surface area contributed by atoms with Crippen molar-refractivity contribution >= 4 is 0 Å². The number of hydrogen-bond acceptors (Lipinski definition) is 5. The molecule has 2 fully saturated rings. The monoisotopic (exact) mass is 293 g/mol. The van der Waals surface area contributed by atoms with Crippen LogP contribution in [0.1, 0.15) is 58.1 Å². The van der Waals surface area contributed by atoms with Gasteiger partial charge >= 0.3 is 0 Å². The standard InChI is InChI=1S/C16H23NO4/c1-9-8-10(2)19-15(18-9)13-6-5-7-14(17-13)16-20-11(3)12(4)21-16/h5-7,9-12,15-16H,8H2,1-4H3/t9-,10-,11-,12-/m1/s1. The van der Waals surface area contributed by atoms with Gasteiger partial charge in [-0.1, -0.05) is 6.07 Å². The van der Waals surface area contributed by atoms with Crippen LogP contribution in [-0.4, -0.2) is 29.4 Å². The predicted octanol–water partition coefficient (Wildman–Crippen LogP) is 3.12. The molecule has 0 amide bonds. The lowest BCUT2D eigenvalue weighted by molar-refractivity contribution is -0.241. The Balaban J connectivity index is 1.77. The summed E-state index contributed by atoms with van der Waals surface area (Å²) in [6, 6.07) is 5.77. The van der Waals surface area contributed by atoms with Crippen LogP contribution in [0.15, 0.2) is 18.2 Å². The minimum Gasteiger partial charge on any atom is -0.344 e. The van der Waals surface area contributed by atoms with E-state index in [9.17, 15) is 0 Å². The zero-order valence-corrected chi connectivity index (χ0v) is 13.0. The van der Waals surface area contributed by atoms with Crippen LogP contribution in [0.4, 0.5) is 0 Å². The van der Waals surface area contributed by atoms with Gasteiger partial charge in [-0.2, -0.15) is 0 Å². The molecule has 2 saturated heterocycles. The second kappa shape index (κ2) is 6.01. The summed E-state index contributed by atoms with van der Waals surface area (Å²) in [6.07, 6.45) is 0.560. The summed E-state index contributed by atoms with van der Waals surface area (Å²) < 4.78 is 23.2. The number of hydrogen-bond donors (Lipinski definition) is 0. The molecule has 5 nitrogen and oxygen atoms in total. The van der Waals surface area contributed by atoms with E-state index in [-0.39, 0.29) is 24.4 Å². The third kappa shape index (κ3) is 3.26. The molecule has 3 heterocycles. The number of aromatic nitrogens is 1. The summed E-state index contributed by atoms with van der Waals surface area (Å²) in [7, 11) is 0. The molecule has 116 valence electrons. The van der Waals surface area contributed by atoms with Gasteiger partial charge in [0.15, 0.2) is 0 Å². The second-order valence-corrected chi connectivity index (χ2v) is 5.96. The second-order valence-electron chi connectivity index (χ2n) is 5.96. The molecule has 2 aliphatic rings. The van der Waals surface area contributed by atoms with Gasteiger partial charge in [0.2, 0.25) is 12.6 Å². The molecule has 0 aliphatic carbocycles. The minimum atomic E-state index is -0.417. The van der Waals surface area contributed by atoms with Crippen molar-refractivity contribution in [2.75, 3.05) is 0 Å². The molecular formula is C16H23NO4. The van der Waals surface area contributed by atoms with Gasteiger partial charge in [0.25, 0.3) is 0 Å². The van der Waals surface area contributed by atoms with Crippen LogP contribution >= 0.6 is 0 Å². The third-order valence-electron chi connectivity index (χ3n) is 3.99. The third-order valence-corrected chi connectivity index (χ3v) is 3.99. The molecule has 1 aromatic rings. The fourth-order valence-corrected chi connectivity index (χ4v) is 2.69. The Bertz CT molecular complexity index is 475. The molecule has 0 unspecified atom stereocenters. The van der Waals surface area contributed by atoms with Crippen molar-refractivity contribution in [3.8, 4) is 0 Å². The predicted molar refractivity (Wildman–Crippen MR) is 76.5 cm³/mol. The minimum absolute atomic E-state index is 0.0719.